The Labute approximate surface area is 72.9 Å². The van der Waals surface area contributed by atoms with E-state index in [-0.39, 0.29) is 15.9 Å². The Morgan fingerprint density at radius 2 is 2.09 bits per heavy atom. The van der Waals surface area contributed by atoms with Gasteiger partial charge >= 0.3 is 5.97 Å². The summed E-state index contributed by atoms with van der Waals surface area (Å²) in [4.78, 5) is 12.9. The topological polar surface area (TPSA) is 53.1 Å². The molecule has 0 saturated heterocycles. The van der Waals surface area contributed by atoms with Crippen LogP contribution in [0, 0.1) is 6.92 Å². The Morgan fingerprint density at radius 3 is 2.27 bits per heavy atom. The molecule has 2 N–H and O–H groups in total. The van der Waals surface area contributed by atoms with Crippen molar-refractivity contribution in [2.45, 2.75) is 6.92 Å². The van der Waals surface area contributed by atoms with Crippen LogP contribution in [0.25, 0.3) is 0 Å². The van der Waals surface area contributed by atoms with Crippen molar-refractivity contribution < 1.29 is 9.90 Å². The maximum Gasteiger partial charge on any atom is 0.353 e. The van der Waals surface area contributed by atoms with Gasteiger partial charge in [-0.25, -0.2) is 4.79 Å². The van der Waals surface area contributed by atoms with Crippen molar-refractivity contribution >= 4 is 29.2 Å². The third kappa shape index (κ3) is 1.34. The van der Waals surface area contributed by atoms with E-state index in [0.717, 1.165) is 0 Å². The first kappa shape index (κ1) is 8.43. The molecular formula is C6H5Cl2NO2. The molecule has 0 aliphatic rings. The van der Waals surface area contributed by atoms with Gasteiger partial charge in [0.15, 0.2) is 0 Å². The quantitative estimate of drug-likeness (QED) is 0.720. The zero-order chi connectivity index (χ0) is 8.59. The number of carboxylic acids is 1. The number of nitrogens with one attached hydrogen (secondary N) is 1. The molecule has 0 bridgehead atoms. The number of rotatable bonds is 1. The fourth-order valence-electron chi connectivity index (χ4n) is 0.690. The van der Waals surface area contributed by atoms with E-state index in [1.54, 1.807) is 6.92 Å². The maximum absolute atomic E-state index is 10.4. The SMILES string of the molecule is Cc1c(Cl)[nH]c(C(=O)O)c1Cl. The van der Waals surface area contributed by atoms with Crippen molar-refractivity contribution in [1.29, 1.82) is 0 Å². The molecular weight excluding hydrogens is 189 g/mol. The van der Waals surface area contributed by atoms with E-state index in [4.69, 9.17) is 28.3 Å². The van der Waals surface area contributed by atoms with Crippen molar-refractivity contribution in [1.82, 2.24) is 4.98 Å². The molecule has 0 aliphatic heterocycles. The van der Waals surface area contributed by atoms with Gasteiger partial charge in [-0.1, -0.05) is 23.2 Å². The minimum absolute atomic E-state index is 0.0610. The molecule has 11 heavy (non-hydrogen) atoms. The Balaban J connectivity index is 3.29. The van der Waals surface area contributed by atoms with E-state index in [1.807, 2.05) is 0 Å². The van der Waals surface area contributed by atoms with E-state index in [0.29, 0.717) is 5.56 Å². The molecule has 1 aromatic heterocycles. The van der Waals surface area contributed by atoms with E-state index >= 15 is 0 Å². The number of aromatic amines is 1. The molecule has 0 atom stereocenters. The summed E-state index contributed by atoms with van der Waals surface area (Å²) in [5.41, 5.74) is 0.500. The van der Waals surface area contributed by atoms with Gasteiger partial charge in [-0.05, 0) is 6.92 Å². The number of hydrogen-bond acceptors (Lipinski definition) is 1. The van der Waals surface area contributed by atoms with Gasteiger partial charge in [-0.2, -0.15) is 0 Å². The summed E-state index contributed by atoms with van der Waals surface area (Å²) >= 11 is 11.2. The van der Waals surface area contributed by atoms with Gasteiger partial charge in [-0.3, -0.25) is 0 Å². The predicted octanol–water partition coefficient (Wildman–Crippen LogP) is 2.33. The third-order valence-electron chi connectivity index (χ3n) is 1.33. The normalized spacial score (nSPS) is 10.1. The molecule has 3 nitrogen and oxygen atoms in total. The average Bonchev–Trinajstić information content (AvgIpc) is 2.17. The number of H-pyrrole nitrogens is 1. The summed E-state index contributed by atoms with van der Waals surface area (Å²) in [6.07, 6.45) is 0. The van der Waals surface area contributed by atoms with Crippen LogP contribution in [0.15, 0.2) is 0 Å². The summed E-state index contributed by atoms with van der Waals surface area (Å²) < 4.78 is 0. The van der Waals surface area contributed by atoms with Crippen LogP contribution in [0.5, 0.6) is 0 Å². The van der Waals surface area contributed by atoms with Crippen LogP contribution in [-0.2, 0) is 0 Å². The fourth-order valence-corrected chi connectivity index (χ4v) is 1.15. The van der Waals surface area contributed by atoms with Crippen molar-refractivity contribution in [2.75, 3.05) is 0 Å². The number of halogens is 2. The van der Waals surface area contributed by atoms with Crippen LogP contribution in [-0.4, -0.2) is 16.1 Å². The third-order valence-corrected chi connectivity index (χ3v) is 2.18. The van der Waals surface area contributed by atoms with Gasteiger partial charge < -0.3 is 10.1 Å². The number of aromatic carboxylic acids is 1. The van der Waals surface area contributed by atoms with Crippen LogP contribution in [0.1, 0.15) is 16.1 Å². The zero-order valence-corrected chi connectivity index (χ0v) is 7.12. The Kier molecular flexibility index (Phi) is 2.11. The number of carboxylic acid groups (broad SMARTS) is 1. The second kappa shape index (κ2) is 2.75. The highest BCUT2D eigenvalue weighted by molar-refractivity contribution is 6.37. The molecule has 0 aliphatic carbocycles. The molecule has 5 heteroatoms. The lowest BCUT2D eigenvalue weighted by Gasteiger charge is -1.87. The minimum atomic E-state index is -1.11. The summed E-state index contributed by atoms with van der Waals surface area (Å²) in [6.45, 7) is 1.65. The van der Waals surface area contributed by atoms with Gasteiger partial charge in [0.2, 0.25) is 0 Å². The molecule has 1 rings (SSSR count). The lowest BCUT2D eigenvalue weighted by atomic mass is 10.3. The number of aromatic nitrogens is 1. The molecule has 0 saturated carbocycles. The summed E-state index contributed by atoms with van der Waals surface area (Å²) in [5, 5.41) is 8.97. The fraction of sp³-hybridized carbons (Fsp3) is 0.167. The molecule has 0 fully saturated rings. The molecule has 1 aromatic rings. The van der Waals surface area contributed by atoms with Gasteiger partial charge in [-0.15, -0.1) is 0 Å². The van der Waals surface area contributed by atoms with Crippen LogP contribution >= 0.6 is 23.2 Å². The van der Waals surface area contributed by atoms with E-state index in [2.05, 4.69) is 4.98 Å². The average molecular weight is 194 g/mol. The standard InChI is InChI=1S/C6H5Cl2NO2/c1-2-3(7)4(6(10)11)9-5(2)8/h9H,1H3,(H,10,11). The summed E-state index contributed by atoms with van der Waals surface area (Å²) in [5.74, 6) is -1.11. The monoisotopic (exact) mass is 193 g/mol. The molecule has 1 heterocycles. The highest BCUT2D eigenvalue weighted by Gasteiger charge is 2.15. The molecule has 0 radical (unpaired) electrons. The Bertz CT molecular complexity index is 306. The first-order valence-electron chi connectivity index (χ1n) is 2.81. The second-order valence-corrected chi connectivity index (χ2v) is 2.81. The Morgan fingerprint density at radius 1 is 1.55 bits per heavy atom. The highest BCUT2D eigenvalue weighted by Crippen LogP contribution is 2.26. The molecule has 0 spiro atoms. The van der Waals surface area contributed by atoms with Crippen molar-refractivity contribution in [3.63, 3.8) is 0 Å². The lowest BCUT2D eigenvalue weighted by Crippen LogP contribution is -1.96. The van der Waals surface area contributed by atoms with Gasteiger partial charge in [0, 0.05) is 5.56 Å². The smallest absolute Gasteiger partial charge is 0.353 e. The first-order chi connectivity index (χ1) is 5.04. The lowest BCUT2D eigenvalue weighted by molar-refractivity contribution is 0.0691. The molecule has 0 aromatic carbocycles. The van der Waals surface area contributed by atoms with E-state index in [9.17, 15) is 4.79 Å². The van der Waals surface area contributed by atoms with E-state index < -0.39 is 5.97 Å². The van der Waals surface area contributed by atoms with Gasteiger partial charge in [0.05, 0.1) is 5.02 Å². The largest absolute Gasteiger partial charge is 0.477 e. The van der Waals surface area contributed by atoms with E-state index in [1.165, 1.54) is 0 Å². The predicted molar refractivity (Wildman–Crippen MR) is 42.5 cm³/mol. The summed E-state index contributed by atoms with van der Waals surface area (Å²) in [6, 6.07) is 0. The number of carbonyl (C=O) groups is 1. The van der Waals surface area contributed by atoms with Crippen molar-refractivity contribution in [3.8, 4) is 0 Å². The van der Waals surface area contributed by atoms with Crippen molar-refractivity contribution in [3.05, 3.63) is 21.4 Å². The van der Waals surface area contributed by atoms with Crippen molar-refractivity contribution in [2.24, 2.45) is 0 Å². The van der Waals surface area contributed by atoms with Gasteiger partial charge in [0.1, 0.15) is 10.8 Å². The molecule has 0 unspecified atom stereocenters. The van der Waals surface area contributed by atoms with Crippen LogP contribution < -0.4 is 0 Å². The first-order valence-corrected chi connectivity index (χ1v) is 3.56. The molecule has 60 valence electrons. The number of hydrogen-bond donors (Lipinski definition) is 2. The van der Waals surface area contributed by atoms with Crippen LogP contribution in [0.4, 0.5) is 0 Å². The second-order valence-electron chi connectivity index (χ2n) is 2.06. The molecule has 0 amide bonds. The zero-order valence-electron chi connectivity index (χ0n) is 5.61. The maximum atomic E-state index is 10.4. The summed E-state index contributed by atoms with van der Waals surface area (Å²) in [7, 11) is 0. The minimum Gasteiger partial charge on any atom is -0.477 e. The van der Waals surface area contributed by atoms with Gasteiger partial charge in [0.25, 0.3) is 0 Å². The van der Waals surface area contributed by atoms with Crippen LogP contribution in [0.2, 0.25) is 10.2 Å². The van der Waals surface area contributed by atoms with Crippen LogP contribution in [0.3, 0.4) is 0 Å². The highest BCUT2D eigenvalue weighted by atomic mass is 35.5. The Hall–Kier alpha value is -0.670.